The van der Waals surface area contributed by atoms with E-state index in [0.717, 1.165) is 5.56 Å². The molecule has 0 saturated carbocycles. The van der Waals surface area contributed by atoms with Gasteiger partial charge in [-0.3, -0.25) is 0 Å². The van der Waals surface area contributed by atoms with Crippen LogP contribution in [0.25, 0.3) is 0 Å². The fourth-order valence-corrected chi connectivity index (χ4v) is 1.57. The van der Waals surface area contributed by atoms with Crippen LogP contribution in [0.5, 0.6) is 11.6 Å². The van der Waals surface area contributed by atoms with E-state index in [4.69, 9.17) is 21.6 Å². The molecule has 1 aromatic carbocycles. The number of nitrogens with zero attached hydrogens (tertiary/aromatic N) is 2. The summed E-state index contributed by atoms with van der Waals surface area (Å²) in [6.45, 7) is 0. The van der Waals surface area contributed by atoms with Gasteiger partial charge in [-0.2, -0.15) is 5.26 Å². The topological polar surface area (TPSA) is 45.9 Å². The van der Waals surface area contributed by atoms with Crippen LogP contribution in [-0.2, 0) is 5.88 Å². The number of ether oxygens (including phenoxy) is 1. The second-order valence-corrected chi connectivity index (χ2v) is 3.58. The molecular formula is C13H9ClN2O. The molecule has 0 fully saturated rings. The Balaban J connectivity index is 2.35. The largest absolute Gasteiger partial charge is 0.437 e. The van der Waals surface area contributed by atoms with E-state index < -0.39 is 0 Å². The van der Waals surface area contributed by atoms with Crippen molar-refractivity contribution in [2.24, 2.45) is 0 Å². The van der Waals surface area contributed by atoms with Gasteiger partial charge in [-0.25, -0.2) is 4.98 Å². The van der Waals surface area contributed by atoms with Gasteiger partial charge in [0.2, 0.25) is 5.88 Å². The third-order valence-electron chi connectivity index (χ3n) is 2.21. The lowest BCUT2D eigenvalue weighted by atomic mass is 10.2. The van der Waals surface area contributed by atoms with E-state index in [2.05, 4.69) is 11.1 Å². The van der Waals surface area contributed by atoms with Crippen molar-refractivity contribution in [1.82, 2.24) is 4.98 Å². The molecule has 0 aliphatic heterocycles. The van der Waals surface area contributed by atoms with Crippen LogP contribution >= 0.6 is 11.6 Å². The standard InChI is InChI=1S/C13H9ClN2O/c14-8-10-5-3-7-16-13(10)17-12-6-2-1-4-11(12)9-15/h1-7H,8H2. The molecule has 0 bridgehead atoms. The maximum absolute atomic E-state index is 8.95. The minimum absolute atomic E-state index is 0.317. The number of hydrogen-bond acceptors (Lipinski definition) is 3. The lowest BCUT2D eigenvalue weighted by molar-refractivity contribution is 0.457. The van der Waals surface area contributed by atoms with Crippen molar-refractivity contribution in [1.29, 1.82) is 5.26 Å². The van der Waals surface area contributed by atoms with Crippen LogP contribution in [0.2, 0.25) is 0 Å². The number of nitriles is 1. The van der Waals surface area contributed by atoms with Crippen LogP contribution < -0.4 is 4.74 Å². The molecule has 2 rings (SSSR count). The lowest BCUT2D eigenvalue weighted by Gasteiger charge is -2.08. The van der Waals surface area contributed by atoms with Crippen LogP contribution in [0.15, 0.2) is 42.6 Å². The average molecular weight is 245 g/mol. The van der Waals surface area contributed by atoms with Crippen molar-refractivity contribution in [3.05, 3.63) is 53.7 Å². The molecule has 0 saturated heterocycles. The van der Waals surface area contributed by atoms with E-state index in [0.29, 0.717) is 23.1 Å². The molecule has 0 amide bonds. The Hall–Kier alpha value is -2.05. The van der Waals surface area contributed by atoms with Crippen LogP contribution in [0.1, 0.15) is 11.1 Å². The monoisotopic (exact) mass is 244 g/mol. The predicted molar refractivity (Wildman–Crippen MR) is 65.0 cm³/mol. The molecule has 0 unspecified atom stereocenters. The van der Waals surface area contributed by atoms with Crippen LogP contribution in [0, 0.1) is 11.3 Å². The molecule has 0 aliphatic carbocycles. The highest BCUT2D eigenvalue weighted by Crippen LogP contribution is 2.26. The van der Waals surface area contributed by atoms with E-state index in [1.54, 1.807) is 36.5 Å². The summed E-state index contributed by atoms with van der Waals surface area (Å²) in [6, 6.07) is 12.7. The molecule has 2 aromatic rings. The van der Waals surface area contributed by atoms with E-state index in [-0.39, 0.29) is 0 Å². The lowest BCUT2D eigenvalue weighted by Crippen LogP contribution is -1.94. The summed E-state index contributed by atoms with van der Waals surface area (Å²) in [5, 5.41) is 8.95. The summed E-state index contributed by atoms with van der Waals surface area (Å²) in [4.78, 5) is 4.10. The fraction of sp³-hybridized carbons (Fsp3) is 0.0769. The SMILES string of the molecule is N#Cc1ccccc1Oc1ncccc1CCl. The Bertz CT molecular complexity index is 563. The highest BCUT2D eigenvalue weighted by atomic mass is 35.5. The van der Waals surface area contributed by atoms with E-state index in [9.17, 15) is 0 Å². The minimum atomic E-state index is 0.317. The van der Waals surface area contributed by atoms with Gasteiger partial charge in [-0.1, -0.05) is 18.2 Å². The molecule has 1 aromatic heterocycles. The van der Waals surface area contributed by atoms with Gasteiger partial charge in [0.25, 0.3) is 0 Å². The van der Waals surface area contributed by atoms with Gasteiger partial charge in [-0.05, 0) is 18.2 Å². The summed E-state index contributed by atoms with van der Waals surface area (Å²) >= 11 is 5.79. The Morgan fingerprint density at radius 3 is 2.82 bits per heavy atom. The van der Waals surface area contributed by atoms with Crippen molar-refractivity contribution < 1.29 is 4.74 Å². The smallest absolute Gasteiger partial charge is 0.223 e. The Kier molecular flexibility index (Phi) is 3.59. The van der Waals surface area contributed by atoms with Crippen molar-refractivity contribution in [2.45, 2.75) is 5.88 Å². The molecule has 1 heterocycles. The van der Waals surface area contributed by atoms with E-state index >= 15 is 0 Å². The summed E-state index contributed by atoms with van der Waals surface area (Å²) in [5.41, 5.74) is 1.26. The van der Waals surface area contributed by atoms with Gasteiger partial charge >= 0.3 is 0 Å². The second-order valence-electron chi connectivity index (χ2n) is 3.31. The molecule has 0 radical (unpaired) electrons. The van der Waals surface area contributed by atoms with Crippen molar-refractivity contribution in [2.75, 3.05) is 0 Å². The highest BCUT2D eigenvalue weighted by Gasteiger charge is 2.07. The van der Waals surface area contributed by atoms with Crippen molar-refractivity contribution >= 4 is 11.6 Å². The zero-order valence-electron chi connectivity index (χ0n) is 8.93. The number of para-hydroxylation sites is 1. The minimum Gasteiger partial charge on any atom is -0.437 e. The Morgan fingerprint density at radius 1 is 1.24 bits per heavy atom. The third kappa shape index (κ3) is 2.55. The number of halogens is 1. The van der Waals surface area contributed by atoms with Crippen LogP contribution in [0.4, 0.5) is 0 Å². The molecule has 0 spiro atoms. The Labute approximate surface area is 104 Å². The summed E-state index contributed by atoms with van der Waals surface area (Å²) in [5.74, 6) is 1.24. The average Bonchev–Trinajstić information content (AvgIpc) is 2.40. The normalized spacial score (nSPS) is 9.65. The van der Waals surface area contributed by atoms with Gasteiger partial charge in [-0.15, -0.1) is 11.6 Å². The number of alkyl halides is 1. The molecule has 84 valence electrons. The third-order valence-corrected chi connectivity index (χ3v) is 2.50. The highest BCUT2D eigenvalue weighted by molar-refractivity contribution is 6.17. The van der Waals surface area contributed by atoms with Gasteiger partial charge in [0, 0.05) is 11.8 Å². The molecular weight excluding hydrogens is 236 g/mol. The first-order chi connectivity index (χ1) is 8.35. The van der Waals surface area contributed by atoms with Gasteiger partial charge in [0.1, 0.15) is 11.8 Å². The number of benzene rings is 1. The first-order valence-electron chi connectivity index (χ1n) is 5.02. The maximum atomic E-state index is 8.95. The number of rotatable bonds is 3. The first-order valence-corrected chi connectivity index (χ1v) is 5.55. The summed E-state index contributed by atoms with van der Waals surface area (Å²) in [7, 11) is 0. The van der Waals surface area contributed by atoms with Crippen molar-refractivity contribution in [3.8, 4) is 17.7 Å². The molecule has 17 heavy (non-hydrogen) atoms. The van der Waals surface area contributed by atoms with Crippen molar-refractivity contribution in [3.63, 3.8) is 0 Å². The fourth-order valence-electron chi connectivity index (χ4n) is 1.37. The first kappa shape index (κ1) is 11.4. The molecule has 0 N–H and O–H groups in total. The van der Waals surface area contributed by atoms with Gasteiger partial charge in [0.15, 0.2) is 0 Å². The zero-order valence-corrected chi connectivity index (χ0v) is 9.69. The number of aromatic nitrogens is 1. The van der Waals surface area contributed by atoms with E-state index in [1.165, 1.54) is 0 Å². The quantitative estimate of drug-likeness (QED) is 0.777. The maximum Gasteiger partial charge on any atom is 0.223 e. The summed E-state index contributed by atoms with van der Waals surface area (Å²) in [6.07, 6.45) is 1.63. The number of pyridine rings is 1. The number of hydrogen-bond donors (Lipinski definition) is 0. The second kappa shape index (κ2) is 5.33. The van der Waals surface area contributed by atoms with Crippen LogP contribution in [0.3, 0.4) is 0 Å². The molecule has 0 atom stereocenters. The predicted octanol–water partition coefficient (Wildman–Crippen LogP) is 3.48. The molecule has 4 heteroatoms. The molecule has 3 nitrogen and oxygen atoms in total. The van der Waals surface area contributed by atoms with Crippen LogP contribution in [-0.4, -0.2) is 4.98 Å². The zero-order chi connectivity index (χ0) is 12.1. The van der Waals surface area contributed by atoms with Gasteiger partial charge < -0.3 is 4.74 Å². The molecule has 0 aliphatic rings. The van der Waals surface area contributed by atoms with E-state index in [1.807, 2.05) is 6.07 Å². The van der Waals surface area contributed by atoms with Gasteiger partial charge in [0.05, 0.1) is 11.4 Å². The Morgan fingerprint density at radius 2 is 2.06 bits per heavy atom. The summed E-state index contributed by atoms with van der Waals surface area (Å²) < 4.78 is 5.60.